The van der Waals surface area contributed by atoms with E-state index in [-0.39, 0.29) is 24.2 Å². The molecule has 0 radical (unpaired) electrons. The van der Waals surface area contributed by atoms with E-state index in [0.717, 1.165) is 41.0 Å². The van der Waals surface area contributed by atoms with E-state index in [1.54, 1.807) is 0 Å². The third-order valence-corrected chi connectivity index (χ3v) is 8.25. The maximum absolute atomic E-state index is 6.67. The van der Waals surface area contributed by atoms with E-state index in [2.05, 4.69) is 102 Å². The Morgan fingerprint density at radius 3 is 2.56 bits per heavy atom. The highest BCUT2D eigenvalue weighted by Crippen LogP contribution is 2.42. The molecule has 200 valence electrons. The SMILES string of the molecule is C1=CC2=NC(n3cccc4c(cc5c6c(ccc53)OC3C=CC=CC3O6)C=CCC4)=NC(c3ccccc3)C2C=C1. The third kappa shape index (κ3) is 4.25. The van der Waals surface area contributed by atoms with Gasteiger partial charge in [0.15, 0.2) is 23.7 Å². The average molecular weight is 536 g/mol. The predicted molar refractivity (Wildman–Crippen MR) is 165 cm³/mol. The molecule has 3 heterocycles. The van der Waals surface area contributed by atoms with Crippen LogP contribution in [-0.4, -0.2) is 28.4 Å². The second-order valence-corrected chi connectivity index (χ2v) is 10.8. The first kappa shape index (κ1) is 23.9. The zero-order valence-electron chi connectivity index (χ0n) is 22.5. The van der Waals surface area contributed by atoms with Crippen molar-refractivity contribution in [2.75, 3.05) is 0 Å². The highest BCUT2D eigenvalue weighted by Gasteiger charge is 2.32. The quantitative estimate of drug-likeness (QED) is 0.324. The molecule has 0 bridgehead atoms. The van der Waals surface area contributed by atoms with Gasteiger partial charge in [-0.2, -0.15) is 0 Å². The lowest BCUT2D eigenvalue weighted by molar-refractivity contribution is 0.0774. The van der Waals surface area contributed by atoms with Crippen LogP contribution in [0.2, 0.25) is 0 Å². The number of hydrogen-bond donors (Lipinski definition) is 0. The van der Waals surface area contributed by atoms with Gasteiger partial charge in [0.2, 0.25) is 5.96 Å². The van der Waals surface area contributed by atoms with Gasteiger partial charge in [0, 0.05) is 17.5 Å². The summed E-state index contributed by atoms with van der Waals surface area (Å²) in [4.78, 5) is 10.4. The van der Waals surface area contributed by atoms with Gasteiger partial charge in [-0.3, -0.25) is 4.57 Å². The molecule has 5 heteroatoms. The smallest absolute Gasteiger partial charge is 0.230 e. The first-order chi connectivity index (χ1) is 20.3. The molecule has 41 heavy (non-hydrogen) atoms. The summed E-state index contributed by atoms with van der Waals surface area (Å²) in [6.45, 7) is 0. The first-order valence-corrected chi connectivity index (χ1v) is 14.3. The molecule has 0 spiro atoms. The maximum Gasteiger partial charge on any atom is 0.230 e. The Morgan fingerprint density at radius 2 is 1.66 bits per heavy atom. The number of fused-ring (bicyclic) bond motifs is 6. The molecule has 3 aliphatic carbocycles. The molecule has 0 N–H and O–H groups in total. The molecule has 0 fully saturated rings. The Bertz CT molecular complexity index is 1820. The predicted octanol–water partition coefficient (Wildman–Crippen LogP) is 7.50. The monoisotopic (exact) mass is 535 g/mol. The standard InChI is InChI=1S/C36H29N3O2/c1-2-12-25(13-3-1)34-27-16-6-7-17-29(27)37-36(38-34)39-22-10-15-24-11-4-5-14-26(24)23-28-30(39)20-21-33-35(28)41-32-19-9-8-18-31(32)40-33/h1-3,5-10,12-23,27,31-32,34H,4,11H2. The van der Waals surface area contributed by atoms with Crippen LogP contribution in [0, 0.1) is 5.92 Å². The van der Waals surface area contributed by atoms with Crippen LogP contribution in [0.3, 0.4) is 0 Å². The molecular formula is C36H29N3O2. The van der Waals surface area contributed by atoms with Crippen LogP contribution in [0.15, 0.2) is 132 Å². The fraction of sp³-hybridized carbons (Fsp3) is 0.167. The number of aryl methyl sites for hydroxylation is 1. The second-order valence-electron chi connectivity index (χ2n) is 10.8. The van der Waals surface area contributed by atoms with Crippen LogP contribution < -0.4 is 9.47 Å². The minimum absolute atomic E-state index is 0.0799. The van der Waals surface area contributed by atoms with Gasteiger partial charge in [-0.05, 0) is 72.0 Å². The van der Waals surface area contributed by atoms with Gasteiger partial charge in [-0.25, -0.2) is 9.98 Å². The molecule has 3 aromatic rings. The van der Waals surface area contributed by atoms with Crippen molar-refractivity contribution in [1.29, 1.82) is 0 Å². The molecular weight excluding hydrogens is 506 g/mol. The normalized spacial score (nSPS) is 24.6. The first-order valence-electron chi connectivity index (χ1n) is 14.3. The van der Waals surface area contributed by atoms with Gasteiger partial charge >= 0.3 is 0 Å². The average Bonchev–Trinajstić information content (AvgIpc) is 3.11. The van der Waals surface area contributed by atoms with Crippen LogP contribution in [0.25, 0.3) is 17.0 Å². The number of aromatic nitrogens is 1. The Hall–Kier alpha value is -4.90. The van der Waals surface area contributed by atoms with Crippen LogP contribution in [-0.2, 0) is 6.42 Å². The Labute approximate surface area is 239 Å². The number of ether oxygens (including phenoxy) is 2. The number of benzene rings is 2. The lowest BCUT2D eigenvalue weighted by Gasteiger charge is -2.33. The minimum atomic E-state index is -0.180. The zero-order chi connectivity index (χ0) is 27.2. The topological polar surface area (TPSA) is 48.1 Å². The van der Waals surface area contributed by atoms with E-state index in [1.807, 2.05) is 30.4 Å². The Morgan fingerprint density at radius 1 is 0.805 bits per heavy atom. The van der Waals surface area contributed by atoms with Gasteiger partial charge in [0.05, 0.1) is 17.3 Å². The molecule has 2 aromatic carbocycles. The van der Waals surface area contributed by atoms with Crippen molar-refractivity contribution in [2.24, 2.45) is 15.9 Å². The summed E-state index contributed by atoms with van der Waals surface area (Å²) in [7, 11) is 0. The van der Waals surface area contributed by atoms with Crippen LogP contribution in [0.1, 0.15) is 29.2 Å². The Kier molecular flexibility index (Phi) is 5.80. The molecule has 4 unspecified atom stereocenters. The van der Waals surface area contributed by atoms with Crippen molar-refractivity contribution < 1.29 is 9.47 Å². The van der Waals surface area contributed by atoms with Gasteiger partial charge in [-0.15, -0.1) is 0 Å². The molecule has 5 aliphatic rings. The highest BCUT2D eigenvalue weighted by molar-refractivity contribution is 6.10. The number of nitrogens with zero attached hydrogens (tertiary/aromatic N) is 3. The zero-order valence-corrected chi connectivity index (χ0v) is 22.5. The van der Waals surface area contributed by atoms with E-state index in [0.29, 0.717) is 5.96 Å². The van der Waals surface area contributed by atoms with Crippen LogP contribution in [0.5, 0.6) is 11.5 Å². The van der Waals surface area contributed by atoms with Gasteiger partial charge in [0.1, 0.15) is 0 Å². The maximum atomic E-state index is 6.67. The van der Waals surface area contributed by atoms with Crippen molar-refractivity contribution in [3.05, 3.63) is 138 Å². The molecule has 1 aromatic heterocycles. The van der Waals surface area contributed by atoms with Crippen molar-refractivity contribution >= 4 is 28.7 Å². The molecule has 0 saturated carbocycles. The van der Waals surface area contributed by atoms with Crippen LogP contribution in [0.4, 0.5) is 0 Å². The minimum Gasteiger partial charge on any atom is -0.478 e. The van der Waals surface area contributed by atoms with Crippen molar-refractivity contribution in [2.45, 2.75) is 31.1 Å². The molecule has 0 amide bonds. The molecule has 5 nitrogen and oxygen atoms in total. The van der Waals surface area contributed by atoms with Crippen molar-refractivity contribution in [3.8, 4) is 11.5 Å². The summed E-state index contributed by atoms with van der Waals surface area (Å²) < 4.78 is 15.2. The van der Waals surface area contributed by atoms with E-state index >= 15 is 0 Å². The van der Waals surface area contributed by atoms with E-state index in [9.17, 15) is 0 Å². The third-order valence-electron chi connectivity index (χ3n) is 8.25. The van der Waals surface area contributed by atoms with Gasteiger partial charge < -0.3 is 9.47 Å². The molecule has 2 aliphatic heterocycles. The fourth-order valence-corrected chi connectivity index (χ4v) is 6.19. The van der Waals surface area contributed by atoms with Gasteiger partial charge in [0.25, 0.3) is 0 Å². The summed E-state index contributed by atoms with van der Waals surface area (Å²) in [5.74, 6) is 2.23. The number of allylic oxidation sites excluding steroid dienone is 6. The van der Waals surface area contributed by atoms with Crippen molar-refractivity contribution in [3.63, 3.8) is 0 Å². The van der Waals surface area contributed by atoms with E-state index < -0.39 is 0 Å². The summed E-state index contributed by atoms with van der Waals surface area (Å²) in [6, 6.07) is 21.1. The number of aliphatic imine (C=N–C) groups is 2. The van der Waals surface area contributed by atoms with Crippen LogP contribution >= 0.6 is 0 Å². The van der Waals surface area contributed by atoms with E-state index in [4.69, 9.17) is 19.5 Å². The highest BCUT2D eigenvalue weighted by atomic mass is 16.6. The largest absolute Gasteiger partial charge is 0.478 e. The summed E-state index contributed by atoms with van der Waals surface area (Å²) in [5, 5.41) is 0.961. The lowest BCUT2D eigenvalue weighted by Crippen LogP contribution is -2.38. The van der Waals surface area contributed by atoms with Crippen molar-refractivity contribution in [1.82, 2.24) is 4.57 Å². The fourth-order valence-electron chi connectivity index (χ4n) is 6.19. The molecule has 0 saturated heterocycles. The summed E-state index contributed by atoms with van der Waals surface area (Å²) in [5.41, 5.74) is 5.60. The summed E-state index contributed by atoms with van der Waals surface area (Å²) in [6.07, 6.45) is 24.8. The molecule has 4 atom stereocenters. The van der Waals surface area contributed by atoms with Gasteiger partial charge in [-0.1, -0.05) is 78.9 Å². The second kappa shape index (κ2) is 9.93. The molecule has 8 rings (SSSR count). The lowest BCUT2D eigenvalue weighted by atomic mass is 9.86. The van der Waals surface area contributed by atoms with E-state index in [1.165, 1.54) is 16.7 Å². The number of rotatable bonds is 1. The Balaban J connectivity index is 1.39. The summed E-state index contributed by atoms with van der Waals surface area (Å²) >= 11 is 0. The number of hydrogen-bond acceptors (Lipinski definition) is 4.